The first-order chi connectivity index (χ1) is 22.6. The highest BCUT2D eigenvalue weighted by atomic mass is 32.2. The summed E-state index contributed by atoms with van der Waals surface area (Å²) in [7, 11) is -0.319. The summed E-state index contributed by atoms with van der Waals surface area (Å²) in [5.41, 5.74) is 4.24. The molecule has 0 amide bonds. The van der Waals surface area contributed by atoms with Crippen molar-refractivity contribution in [3.63, 3.8) is 0 Å². The molecule has 0 spiro atoms. The Morgan fingerprint density at radius 1 is 1.09 bits per heavy atom. The van der Waals surface area contributed by atoms with Crippen LogP contribution in [0.3, 0.4) is 0 Å². The lowest BCUT2D eigenvalue weighted by atomic mass is 9.96. The predicted octanol–water partition coefficient (Wildman–Crippen LogP) is 6.53. The van der Waals surface area contributed by atoms with Crippen molar-refractivity contribution in [2.75, 3.05) is 26.9 Å². The van der Waals surface area contributed by atoms with Crippen molar-refractivity contribution in [3.8, 4) is 39.5 Å². The number of methoxy groups -OCH3 is 1. The average molecular weight is 677 g/mol. The number of aryl methyl sites for hydroxylation is 1. The van der Waals surface area contributed by atoms with Crippen LogP contribution in [0.1, 0.15) is 18.7 Å². The number of sulfonamides is 1. The third-order valence-electron chi connectivity index (χ3n) is 8.42. The maximum atomic E-state index is 16.1. The summed E-state index contributed by atoms with van der Waals surface area (Å²) in [5, 5.41) is 13.8. The van der Waals surface area contributed by atoms with E-state index in [0.29, 0.717) is 39.6 Å². The molecule has 10 nitrogen and oxygen atoms in total. The van der Waals surface area contributed by atoms with Crippen LogP contribution in [0.15, 0.2) is 66.0 Å². The minimum Gasteiger partial charge on any atom is -0.490 e. The van der Waals surface area contributed by atoms with Gasteiger partial charge in [-0.1, -0.05) is 12.6 Å². The molecule has 0 saturated carbocycles. The van der Waals surface area contributed by atoms with Crippen LogP contribution in [0, 0.1) is 11.6 Å². The molecule has 0 radical (unpaired) electrons. The van der Waals surface area contributed by atoms with Gasteiger partial charge in [-0.3, -0.25) is 9.36 Å². The van der Waals surface area contributed by atoms with Crippen molar-refractivity contribution in [3.05, 3.63) is 83.4 Å². The lowest BCUT2D eigenvalue weighted by molar-refractivity contribution is 0.146. The van der Waals surface area contributed by atoms with E-state index in [0.717, 1.165) is 39.4 Å². The maximum Gasteiger partial charge on any atom is 0.236 e. The number of halogens is 2. The second kappa shape index (κ2) is 11.9. The summed E-state index contributed by atoms with van der Waals surface area (Å²) in [6, 6.07) is 11.1. The van der Waals surface area contributed by atoms with Gasteiger partial charge in [0.1, 0.15) is 35.4 Å². The van der Waals surface area contributed by atoms with Crippen LogP contribution in [0.5, 0.6) is 5.75 Å². The first-order valence-corrected chi connectivity index (χ1v) is 17.2. The highest BCUT2D eigenvalue weighted by molar-refractivity contribution is 7.92. The van der Waals surface area contributed by atoms with Crippen LogP contribution >= 0.6 is 11.3 Å². The molecule has 0 saturated heterocycles. The van der Waals surface area contributed by atoms with E-state index in [1.165, 1.54) is 22.8 Å². The number of pyridine rings is 1. The zero-order valence-electron chi connectivity index (χ0n) is 25.8. The normalized spacial score (nSPS) is 15.4. The number of rotatable bonds is 9. The Kier molecular flexibility index (Phi) is 7.91. The highest BCUT2D eigenvalue weighted by Crippen LogP contribution is 2.47. The molecule has 0 unspecified atom stereocenters. The minimum atomic E-state index is -3.70. The van der Waals surface area contributed by atoms with Crippen LogP contribution in [-0.2, 0) is 28.4 Å². The second-order valence-electron chi connectivity index (χ2n) is 11.2. The number of benzene rings is 2. The molecule has 1 atom stereocenters. The largest absolute Gasteiger partial charge is 0.490 e. The summed E-state index contributed by atoms with van der Waals surface area (Å²) in [6.07, 6.45) is 1.78. The molecule has 0 aliphatic carbocycles. The molecule has 1 aliphatic heterocycles. The summed E-state index contributed by atoms with van der Waals surface area (Å²) in [6.45, 7) is 6.04. The van der Waals surface area contributed by atoms with Gasteiger partial charge < -0.3 is 9.47 Å². The van der Waals surface area contributed by atoms with Gasteiger partial charge >= 0.3 is 0 Å². The van der Waals surface area contributed by atoms with Crippen molar-refractivity contribution in [1.82, 2.24) is 28.9 Å². The SMILES string of the molecule is C=CS(=O)(=O)N1CCn2nc(-c3nc(-c4ccc5c(cnn5C)c4)c4ccsc4c3-c3c(F)cc(F)cc3OCCOC)cc2[C@H]1C. The van der Waals surface area contributed by atoms with Gasteiger partial charge in [0.25, 0.3) is 0 Å². The number of hydrogen-bond donors (Lipinski definition) is 0. The summed E-state index contributed by atoms with van der Waals surface area (Å²) < 4.78 is 72.9. The Hall–Kier alpha value is -4.50. The standard InChI is InChI=1S/C33H30F2N6O4S2/c1-5-47(42,43)41-10-9-40-27(19(41)2)17-25(38-40)32-30(29-24(35)15-22(34)16-28(29)45-12-11-44-4)33-23(8-13-46-33)31(37-32)20-6-7-26-21(14-20)18-36-39(26)3/h5-8,13-19H,1,9-12H2,2-4H3/t19-/m1/s1. The fraction of sp³-hybridized carbons (Fsp3) is 0.242. The number of hydrogen-bond acceptors (Lipinski definition) is 8. The summed E-state index contributed by atoms with van der Waals surface area (Å²) in [4.78, 5) is 5.17. The fourth-order valence-electron chi connectivity index (χ4n) is 6.15. The molecule has 47 heavy (non-hydrogen) atoms. The van der Waals surface area contributed by atoms with Gasteiger partial charge in [0, 0.05) is 64.8 Å². The van der Waals surface area contributed by atoms with Crippen LogP contribution in [0.4, 0.5) is 8.78 Å². The number of ether oxygens (including phenoxy) is 2. The van der Waals surface area contributed by atoms with Gasteiger partial charge in [0.05, 0.1) is 47.9 Å². The van der Waals surface area contributed by atoms with Gasteiger partial charge in [0.15, 0.2) is 0 Å². The second-order valence-corrected chi connectivity index (χ2v) is 13.9. The number of fused-ring (bicyclic) bond motifs is 3. The molecule has 4 aromatic heterocycles. The van der Waals surface area contributed by atoms with E-state index >= 15 is 4.39 Å². The van der Waals surface area contributed by atoms with Crippen molar-refractivity contribution >= 4 is 42.3 Å². The lowest BCUT2D eigenvalue weighted by Gasteiger charge is -2.31. The molecule has 0 N–H and O–H groups in total. The monoisotopic (exact) mass is 676 g/mol. The molecule has 14 heteroatoms. The van der Waals surface area contributed by atoms with E-state index in [4.69, 9.17) is 19.6 Å². The first-order valence-electron chi connectivity index (χ1n) is 14.8. The molecule has 1 aliphatic rings. The third kappa shape index (κ3) is 5.30. The summed E-state index contributed by atoms with van der Waals surface area (Å²) >= 11 is 1.40. The Labute approximate surface area is 273 Å². The quantitative estimate of drug-likeness (QED) is 0.160. The first kappa shape index (κ1) is 31.1. The molecule has 5 heterocycles. The van der Waals surface area contributed by atoms with Crippen molar-refractivity contribution in [2.45, 2.75) is 19.5 Å². The van der Waals surface area contributed by atoms with Crippen molar-refractivity contribution in [2.24, 2.45) is 7.05 Å². The molecule has 0 fully saturated rings. The number of nitrogens with zero attached hydrogens (tertiary/aromatic N) is 6. The minimum absolute atomic E-state index is 0.00224. The molecule has 2 aromatic carbocycles. The van der Waals surface area contributed by atoms with E-state index in [-0.39, 0.29) is 31.1 Å². The lowest BCUT2D eigenvalue weighted by Crippen LogP contribution is -2.40. The van der Waals surface area contributed by atoms with Crippen LogP contribution in [-0.4, -0.2) is 64.1 Å². The Morgan fingerprint density at radius 2 is 1.91 bits per heavy atom. The Balaban J connectivity index is 1.50. The molecule has 0 bridgehead atoms. The topological polar surface area (TPSA) is 104 Å². The third-order valence-corrected chi connectivity index (χ3v) is 10.9. The average Bonchev–Trinajstić information content (AvgIpc) is 3.80. The molecule has 7 rings (SSSR count). The molecule has 242 valence electrons. The van der Waals surface area contributed by atoms with E-state index in [1.807, 2.05) is 36.7 Å². The summed E-state index contributed by atoms with van der Waals surface area (Å²) in [5.74, 6) is -1.60. The Morgan fingerprint density at radius 3 is 2.70 bits per heavy atom. The molecule has 6 aromatic rings. The van der Waals surface area contributed by atoms with Crippen molar-refractivity contribution < 1.29 is 26.7 Å². The maximum absolute atomic E-state index is 16.1. The van der Waals surface area contributed by atoms with Gasteiger partial charge in [-0.05, 0) is 36.6 Å². The smallest absolute Gasteiger partial charge is 0.236 e. The van der Waals surface area contributed by atoms with Crippen molar-refractivity contribution in [1.29, 1.82) is 0 Å². The number of aromatic nitrogens is 5. The van der Waals surface area contributed by atoms with E-state index in [9.17, 15) is 12.8 Å². The van der Waals surface area contributed by atoms with Crippen LogP contribution < -0.4 is 4.74 Å². The molecular weight excluding hydrogens is 647 g/mol. The zero-order chi connectivity index (χ0) is 33.0. The molecular formula is C33H30F2N6O4S2. The highest BCUT2D eigenvalue weighted by Gasteiger charge is 2.34. The van der Waals surface area contributed by atoms with Crippen LogP contribution in [0.2, 0.25) is 0 Å². The number of thiophene rings is 1. The zero-order valence-corrected chi connectivity index (χ0v) is 27.4. The van der Waals surface area contributed by atoms with E-state index < -0.39 is 27.7 Å². The van der Waals surface area contributed by atoms with Gasteiger partial charge in [-0.2, -0.15) is 14.5 Å². The van der Waals surface area contributed by atoms with Gasteiger partial charge in [-0.15, -0.1) is 11.3 Å². The van der Waals surface area contributed by atoms with Gasteiger partial charge in [0.2, 0.25) is 10.0 Å². The van der Waals surface area contributed by atoms with E-state index in [2.05, 4.69) is 11.7 Å². The van der Waals surface area contributed by atoms with Gasteiger partial charge in [-0.25, -0.2) is 22.2 Å². The van der Waals surface area contributed by atoms with E-state index in [1.54, 1.807) is 28.6 Å². The fourth-order valence-corrected chi connectivity index (χ4v) is 8.18. The predicted molar refractivity (Wildman–Crippen MR) is 178 cm³/mol. The van der Waals surface area contributed by atoms with Crippen LogP contribution in [0.25, 0.3) is 54.8 Å². The Bertz CT molecular complexity index is 2300.